The van der Waals surface area contributed by atoms with Gasteiger partial charge in [0.05, 0.1) is 18.8 Å². The maximum atomic E-state index is 11.7. The molecule has 0 aliphatic rings. The predicted molar refractivity (Wildman–Crippen MR) is 97.4 cm³/mol. The number of hydrogen-bond donors (Lipinski definition) is 7. The largest absolute Gasteiger partial charge is 0.394 e. The van der Waals surface area contributed by atoms with Crippen molar-refractivity contribution in [2.75, 3.05) is 13.2 Å². The van der Waals surface area contributed by atoms with Gasteiger partial charge in [-0.2, -0.15) is 0 Å². The van der Waals surface area contributed by atoms with E-state index in [2.05, 4.69) is 12.2 Å². The van der Waals surface area contributed by atoms with Crippen LogP contribution in [0.5, 0.6) is 0 Å². The highest BCUT2D eigenvalue weighted by Gasteiger charge is 2.30. The van der Waals surface area contributed by atoms with E-state index in [1.165, 1.54) is 19.3 Å². The lowest BCUT2D eigenvalue weighted by molar-refractivity contribution is -0.126. The Morgan fingerprint density at radius 1 is 0.846 bits per heavy atom. The van der Waals surface area contributed by atoms with Gasteiger partial charge in [-0.15, -0.1) is 0 Å². The van der Waals surface area contributed by atoms with Gasteiger partial charge in [0.15, 0.2) is 0 Å². The van der Waals surface area contributed by atoms with E-state index in [0.29, 0.717) is 12.8 Å². The molecule has 0 saturated carbocycles. The van der Waals surface area contributed by atoms with Gasteiger partial charge in [-0.05, 0) is 19.3 Å². The summed E-state index contributed by atoms with van der Waals surface area (Å²) >= 11 is 0. The molecular weight excluding hydrogens is 342 g/mol. The molecule has 0 aliphatic heterocycles. The summed E-state index contributed by atoms with van der Waals surface area (Å²) in [6.45, 7) is 1.12. The first-order chi connectivity index (χ1) is 12.3. The Bertz CT molecular complexity index is 356. The second-order valence-corrected chi connectivity index (χ2v) is 6.85. The van der Waals surface area contributed by atoms with Gasteiger partial charge >= 0.3 is 0 Å². The van der Waals surface area contributed by atoms with E-state index in [0.717, 1.165) is 19.3 Å². The lowest BCUT2D eigenvalue weighted by Crippen LogP contribution is -2.49. The predicted octanol–water partition coefficient (Wildman–Crippen LogP) is -0.570. The molecule has 1 unspecified atom stereocenters. The second kappa shape index (κ2) is 15.3. The molecule has 156 valence electrons. The number of amides is 1. The molecule has 0 rings (SSSR count). The molecule has 0 radical (unpaired) electrons. The Morgan fingerprint density at radius 3 is 2.04 bits per heavy atom. The minimum Gasteiger partial charge on any atom is -0.394 e. The van der Waals surface area contributed by atoms with Crippen molar-refractivity contribution in [1.82, 2.24) is 5.32 Å². The van der Waals surface area contributed by atoms with Crippen molar-refractivity contribution in [2.24, 2.45) is 0 Å². The number of carbonyl (C=O) groups excluding carboxylic acids is 1. The minimum atomic E-state index is -1.71. The molecule has 0 heterocycles. The quantitative estimate of drug-likeness (QED) is 0.177. The van der Waals surface area contributed by atoms with Crippen molar-refractivity contribution >= 4 is 5.91 Å². The fourth-order valence-electron chi connectivity index (χ4n) is 2.62. The van der Waals surface area contributed by atoms with Gasteiger partial charge in [-0.1, -0.05) is 39.0 Å². The van der Waals surface area contributed by atoms with E-state index >= 15 is 0 Å². The van der Waals surface area contributed by atoms with E-state index in [1.54, 1.807) is 0 Å². The normalized spacial score (nSPS) is 17.3. The first-order valence-corrected chi connectivity index (χ1v) is 9.61. The Morgan fingerprint density at radius 2 is 1.42 bits per heavy atom. The third kappa shape index (κ3) is 11.8. The Hall–Kier alpha value is -0.770. The van der Waals surface area contributed by atoms with Crippen LogP contribution in [0.4, 0.5) is 0 Å². The van der Waals surface area contributed by atoms with Crippen molar-refractivity contribution in [3.05, 3.63) is 0 Å². The average Bonchev–Trinajstić information content (AvgIpc) is 2.63. The molecular formula is C18H37NO7. The van der Waals surface area contributed by atoms with E-state index in [9.17, 15) is 30.3 Å². The van der Waals surface area contributed by atoms with Crippen molar-refractivity contribution in [3.8, 4) is 0 Å². The second-order valence-electron chi connectivity index (χ2n) is 6.85. The summed E-state index contributed by atoms with van der Waals surface area (Å²) in [7, 11) is 0. The number of rotatable bonds is 16. The molecule has 8 nitrogen and oxygen atoms in total. The van der Waals surface area contributed by atoms with Crippen LogP contribution in [-0.4, -0.2) is 80.2 Å². The molecule has 0 fully saturated rings. The molecule has 5 atom stereocenters. The molecule has 0 aromatic rings. The van der Waals surface area contributed by atoms with E-state index < -0.39 is 37.1 Å². The van der Waals surface area contributed by atoms with Crippen molar-refractivity contribution in [2.45, 2.75) is 95.2 Å². The number of hydrogen-bond acceptors (Lipinski definition) is 7. The summed E-state index contributed by atoms with van der Waals surface area (Å²) < 4.78 is 0. The molecule has 26 heavy (non-hydrogen) atoms. The van der Waals surface area contributed by atoms with Crippen LogP contribution in [-0.2, 0) is 4.79 Å². The highest BCUT2D eigenvalue weighted by atomic mass is 16.4. The van der Waals surface area contributed by atoms with Crippen LogP contribution >= 0.6 is 0 Å². The number of nitrogens with one attached hydrogen (secondary N) is 1. The van der Waals surface area contributed by atoms with Crippen LogP contribution in [0.15, 0.2) is 0 Å². The van der Waals surface area contributed by atoms with Crippen LogP contribution in [0.2, 0.25) is 0 Å². The smallest absolute Gasteiger partial charge is 0.220 e. The molecule has 0 saturated heterocycles. The summed E-state index contributed by atoms with van der Waals surface area (Å²) in [5.74, 6) is -0.330. The first-order valence-electron chi connectivity index (χ1n) is 9.61. The third-order valence-corrected chi connectivity index (χ3v) is 4.42. The van der Waals surface area contributed by atoms with Gasteiger partial charge < -0.3 is 36.0 Å². The maximum Gasteiger partial charge on any atom is 0.220 e. The fourth-order valence-corrected chi connectivity index (χ4v) is 2.62. The van der Waals surface area contributed by atoms with Crippen LogP contribution in [0, 0.1) is 0 Å². The Kier molecular flexibility index (Phi) is 14.9. The monoisotopic (exact) mass is 379 g/mol. The maximum absolute atomic E-state index is 11.7. The molecule has 0 aromatic heterocycles. The molecule has 1 amide bonds. The average molecular weight is 379 g/mol. The molecule has 7 N–H and O–H groups in total. The standard InChI is InChI=1S/C18H37NO7/c1-2-3-4-5-6-8-13(21)9-7-10-16(24)19-11-14(22)17(25)18(26)15(23)12-20/h13-15,17-18,20-23,25-26H,2-12H2,1H3,(H,19,24)/t13?,14-,15+,17+,18+/m0/s1. The van der Waals surface area contributed by atoms with Crippen LogP contribution in [0.1, 0.15) is 64.7 Å². The van der Waals surface area contributed by atoms with Gasteiger partial charge in [0.1, 0.15) is 18.3 Å². The molecule has 0 bridgehead atoms. The molecule has 0 aliphatic carbocycles. The highest BCUT2D eigenvalue weighted by Crippen LogP contribution is 2.11. The van der Waals surface area contributed by atoms with Crippen molar-refractivity contribution in [3.63, 3.8) is 0 Å². The van der Waals surface area contributed by atoms with E-state index in [-0.39, 0.29) is 18.9 Å². The fraction of sp³-hybridized carbons (Fsp3) is 0.944. The van der Waals surface area contributed by atoms with Crippen molar-refractivity contribution < 1.29 is 35.4 Å². The minimum absolute atomic E-state index is 0.192. The van der Waals surface area contributed by atoms with Gasteiger partial charge in [-0.25, -0.2) is 0 Å². The summed E-state index contributed by atoms with van der Waals surface area (Å²) in [6, 6.07) is 0. The van der Waals surface area contributed by atoms with Crippen molar-refractivity contribution in [1.29, 1.82) is 0 Å². The molecule has 8 heteroatoms. The SMILES string of the molecule is CCCCCCCC(O)CCCC(=O)NC[C@H](O)[C@@H](O)[C@H](O)[C@H](O)CO. The van der Waals surface area contributed by atoms with Crippen LogP contribution < -0.4 is 5.32 Å². The summed E-state index contributed by atoms with van der Waals surface area (Å²) in [6.07, 6.45) is 0.822. The summed E-state index contributed by atoms with van der Waals surface area (Å²) in [4.78, 5) is 11.7. The number of aliphatic hydroxyl groups is 6. The highest BCUT2D eigenvalue weighted by molar-refractivity contribution is 5.75. The van der Waals surface area contributed by atoms with E-state index in [4.69, 9.17) is 5.11 Å². The summed E-state index contributed by atoms with van der Waals surface area (Å²) in [5.41, 5.74) is 0. The zero-order valence-electron chi connectivity index (χ0n) is 15.8. The number of carbonyl (C=O) groups is 1. The first kappa shape index (κ1) is 25.2. The van der Waals surface area contributed by atoms with Gasteiger partial charge in [0.2, 0.25) is 5.91 Å². The molecule has 0 spiro atoms. The lowest BCUT2D eigenvalue weighted by Gasteiger charge is -2.25. The number of aliphatic hydroxyl groups excluding tert-OH is 6. The topological polar surface area (TPSA) is 150 Å². The van der Waals surface area contributed by atoms with Crippen LogP contribution in [0.25, 0.3) is 0 Å². The molecule has 0 aromatic carbocycles. The van der Waals surface area contributed by atoms with E-state index in [1.807, 2.05) is 0 Å². The number of unbranched alkanes of at least 4 members (excludes halogenated alkanes) is 4. The Balaban J connectivity index is 3.82. The lowest BCUT2D eigenvalue weighted by atomic mass is 10.0. The van der Waals surface area contributed by atoms with Crippen LogP contribution in [0.3, 0.4) is 0 Å². The summed E-state index contributed by atoms with van der Waals surface area (Å²) in [5, 5.41) is 59.0. The van der Waals surface area contributed by atoms with Gasteiger partial charge in [-0.3, -0.25) is 4.79 Å². The van der Waals surface area contributed by atoms with Gasteiger partial charge in [0.25, 0.3) is 0 Å². The Labute approximate surface area is 155 Å². The zero-order chi connectivity index (χ0) is 19.9. The third-order valence-electron chi connectivity index (χ3n) is 4.42. The zero-order valence-corrected chi connectivity index (χ0v) is 15.8. The van der Waals surface area contributed by atoms with Gasteiger partial charge in [0, 0.05) is 13.0 Å².